The topological polar surface area (TPSA) is 104 Å². The molecule has 1 aliphatic rings. The van der Waals surface area contributed by atoms with Crippen LogP contribution in [0.15, 0.2) is 59.2 Å². The van der Waals surface area contributed by atoms with E-state index in [1.165, 1.54) is 19.2 Å². The zero-order valence-corrected chi connectivity index (χ0v) is 19.0. The number of hydrogen-bond donors (Lipinski definition) is 1. The molecule has 33 heavy (non-hydrogen) atoms. The number of nitriles is 1. The molecule has 2 aromatic carbocycles. The van der Waals surface area contributed by atoms with Crippen molar-refractivity contribution in [1.82, 2.24) is 0 Å². The number of carbonyl (C=O) groups is 1. The molecule has 1 heterocycles. The molecular formula is C24H22ClFN2O5. The van der Waals surface area contributed by atoms with Crippen LogP contribution in [0.4, 0.5) is 4.39 Å². The fourth-order valence-corrected chi connectivity index (χ4v) is 3.71. The Bertz CT molecular complexity index is 1170. The predicted octanol–water partition coefficient (Wildman–Crippen LogP) is 4.71. The number of nitrogens with zero attached hydrogens (tertiary/aromatic N) is 1. The molecule has 0 fully saturated rings. The Labute approximate surface area is 195 Å². The minimum atomic E-state index is -0.854. The summed E-state index contributed by atoms with van der Waals surface area (Å²) in [4.78, 5) is 12.7. The Kier molecular flexibility index (Phi) is 7.46. The summed E-state index contributed by atoms with van der Waals surface area (Å²) in [5.41, 5.74) is 6.84. The number of rotatable bonds is 7. The van der Waals surface area contributed by atoms with Crippen molar-refractivity contribution in [2.45, 2.75) is 26.4 Å². The monoisotopic (exact) mass is 472 g/mol. The average molecular weight is 473 g/mol. The van der Waals surface area contributed by atoms with Gasteiger partial charge in [0, 0.05) is 5.56 Å². The summed E-state index contributed by atoms with van der Waals surface area (Å²) in [5, 5.41) is 9.96. The van der Waals surface area contributed by atoms with Crippen molar-refractivity contribution in [2.24, 2.45) is 5.73 Å². The van der Waals surface area contributed by atoms with Crippen LogP contribution in [0.5, 0.6) is 11.5 Å². The average Bonchev–Trinajstić information content (AvgIpc) is 2.78. The van der Waals surface area contributed by atoms with Gasteiger partial charge in [-0.1, -0.05) is 23.7 Å². The highest BCUT2D eigenvalue weighted by Crippen LogP contribution is 2.42. The largest absolute Gasteiger partial charge is 0.493 e. The Hall–Kier alpha value is -3.70. The number of allylic oxidation sites excluding steroid dienone is 2. The van der Waals surface area contributed by atoms with Gasteiger partial charge in [0.25, 0.3) is 0 Å². The zero-order chi connectivity index (χ0) is 24.1. The SMILES string of the molecule is CCOC(=O)C1=C(C)OC(N)=C(C#N)C1c1ccc(OC)c(OCc2c(F)cccc2Cl)c1. The maximum atomic E-state index is 14.2. The van der Waals surface area contributed by atoms with Crippen LogP contribution in [-0.4, -0.2) is 19.7 Å². The summed E-state index contributed by atoms with van der Waals surface area (Å²) in [6.45, 7) is 3.22. The van der Waals surface area contributed by atoms with Crippen molar-refractivity contribution in [3.63, 3.8) is 0 Å². The summed E-state index contributed by atoms with van der Waals surface area (Å²) in [6, 6.07) is 11.3. The second-order valence-corrected chi connectivity index (χ2v) is 7.42. The van der Waals surface area contributed by atoms with E-state index in [0.29, 0.717) is 11.3 Å². The molecule has 0 amide bonds. The molecule has 2 aromatic rings. The van der Waals surface area contributed by atoms with Gasteiger partial charge in [0.1, 0.15) is 29.8 Å². The van der Waals surface area contributed by atoms with Crippen molar-refractivity contribution in [3.05, 3.63) is 81.2 Å². The van der Waals surface area contributed by atoms with Crippen molar-refractivity contribution < 1.29 is 28.1 Å². The van der Waals surface area contributed by atoms with Gasteiger partial charge in [0.2, 0.25) is 5.88 Å². The van der Waals surface area contributed by atoms with Gasteiger partial charge in [-0.25, -0.2) is 9.18 Å². The highest BCUT2D eigenvalue weighted by molar-refractivity contribution is 6.31. The lowest BCUT2D eigenvalue weighted by Crippen LogP contribution is -2.25. The second-order valence-electron chi connectivity index (χ2n) is 7.01. The van der Waals surface area contributed by atoms with Gasteiger partial charge >= 0.3 is 5.97 Å². The smallest absolute Gasteiger partial charge is 0.338 e. The number of hydrogen-bond acceptors (Lipinski definition) is 7. The number of nitrogens with two attached hydrogens (primary N) is 1. The lowest BCUT2D eigenvalue weighted by Gasteiger charge is -2.27. The van der Waals surface area contributed by atoms with Gasteiger partial charge < -0.3 is 24.7 Å². The van der Waals surface area contributed by atoms with E-state index in [-0.39, 0.29) is 52.3 Å². The predicted molar refractivity (Wildman–Crippen MR) is 119 cm³/mol. The first kappa shape index (κ1) is 24.0. The number of benzene rings is 2. The third-order valence-corrected chi connectivity index (χ3v) is 5.41. The van der Waals surface area contributed by atoms with E-state index in [4.69, 9.17) is 36.3 Å². The minimum Gasteiger partial charge on any atom is -0.493 e. The van der Waals surface area contributed by atoms with Gasteiger partial charge in [-0.3, -0.25) is 0 Å². The van der Waals surface area contributed by atoms with E-state index in [2.05, 4.69) is 0 Å². The third-order valence-electron chi connectivity index (χ3n) is 5.06. The zero-order valence-electron chi connectivity index (χ0n) is 18.3. The number of ether oxygens (including phenoxy) is 4. The molecule has 0 radical (unpaired) electrons. The molecule has 3 rings (SSSR count). The summed E-state index contributed by atoms with van der Waals surface area (Å²) in [7, 11) is 1.46. The molecule has 0 spiro atoms. The van der Waals surface area contributed by atoms with Crippen molar-refractivity contribution in [1.29, 1.82) is 5.26 Å². The van der Waals surface area contributed by atoms with Crippen molar-refractivity contribution >= 4 is 17.6 Å². The molecule has 9 heteroatoms. The molecule has 7 nitrogen and oxygen atoms in total. The molecule has 0 saturated carbocycles. The Morgan fingerprint density at radius 1 is 1.30 bits per heavy atom. The lowest BCUT2D eigenvalue weighted by atomic mass is 9.83. The molecular weight excluding hydrogens is 451 g/mol. The Balaban J connectivity index is 2.06. The minimum absolute atomic E-state index is 0.0527. The van der Waals surface area contributed by atoms with Gasteiger partial charge in [0.15, 0.2) is 11.5 Å². The number of methoxy groups -OCH3 is 1. The molecule has 0 aromatic heterocycles. The summed E-state index contributed by atoms with van der Waals surface area (Å²) in [6.07, 6.45) is 0. The standard InChI is InChI=1S/C24H22ClFN2O5/c1-4-31-24(29)21-13(2)33-23(28)15(11-27)22(21)14-8-9-19(30-3)20(10-14)32-12-16-17(25)6-5-7-18(16)26/h5-10,22H,4,12,28H2,1-3H3. The van der Waals surface area contributed by atoms with E-state index < -0.39 is 17.7 Å². The molecule has 0 bridgehead atoms. The quantitative estimate of drug-likeness (QED) is 0.582. The van der Waals surface area contributed by atoms with E-state index in [0.717, 1.165) is 0 Å². The molecule has 0 saturated heterocycles. The molecule has 1 unspecified atom stereocenters. The molecule has 1 atom stereocenters. The lowest BCUT2D eigenvalue weighted by molar-refractivity contribution is -0.139. The first-order valence-electron chi connectivity index (χ1n) is 10.0. The number of halogens is 2. The Morgan fingerprint density at radius 3 is 2.70 bits per heavy atom. The van der Waals surface area contributed by atoms with Gasteiger partial charge in [-0.2, -0.15) is 5.26 Å². The van der Waals surface area contributed by atoms with Crippen LogP contribution in [0.3, 0.4) is 0 Å². The van der Waals surface area contributed by atoms with Gasteiger partial charge in [-0.05, 0) is 43.7 Å². The van der Waals surface area contributed by atoms with Crippen molar-refractivity contribution in [3.8, 4) is 17.6 Å². The molecule has 2 N–H and O–H groups in total. The summed E-state index contributed by atoms with van der Waals surface area (Å²) >= 11 is 6.10. The number of esters is 1. The van der Waals surface area contributed by atoms with Gasteiger partial charge in [-0.15, -0.1) is 0 Å². The van der Waals surface area contributed by atoms with E-state index in [9.17, 15) is 14.4 Å². The molecule has 0 aliphatic carbocycles. The summed E-state index contributed by atoms with van der Waals surface area (Å²) in [5.74, 6) is -1.24. The fraction of sp³-hybridized carbons (Fsp3) is 0.250. The second kappa shape index (κ2) is 10.3. The van der Waals surface area contributed by atoms with E-state index in [1.807, 2.05) is 6.07 Å². The van der Waals surface area contributed by atoms with Crippen LogP contribution in [0.2, 0.25) is 5.02 Å². The van der Waals surface area contributed by atoms with Gasteiger partial charge in [0.05, 0.1) is 30.2 Å². The van der Waals surface area contributed by atoms with Crippen LogP contribution >= 0.6 is 11.6 Å². The van der Waals surface area contributed by atoms with Crippen LogP contribution < -0.4 is 15.2 Å². The summed E-state index contributed by atoms with van der Waals surface area (Å²) < 4.78 is 36.0. The fourth-order valence-electron chi connectivity index (χ4n) is 3.49. The van der Waals surface area contributed by atoms with Crippen LogP contribution in [0.1, 0.15) is 30.9 Å². The van der Waals surface area contributed by atoms with Crippen LogP contribution in [0, 0.1) is 17.1 Å². The van der Waals surface area contributed by atoms with Crippen molar-refractivity contribution in [2.75, 3.05) is 13.7 Å². The van der Waals surface area contributed by atoms with E-state index >= 15 is 0 Å². The molecule has 172 valence electrons. The molecule has 1 aliphatic heterocycles. The first-order valence-corrected chi connectivity index (χ1v) is 10.4. The maximum absolute atomic E-state index is 14.2. The van der Waals surface area contributed by atoms with Crippen LogP contribution in [-0.2, 0) is 20.9 Å². The first-order chi connectivity index (χ1) is 15.8. The van der Waals surface area contributed by atoms with Crippen LogP contribution in [0.25, 0.3) is 0 Å². The van der Waals surface area contributed by atoms with E-state index in [1.54, 1.807) is 38.1 Å². The Morgan fingerprint density at radius 2 is 2.06 bits per heavy atom. The normalized spacial score (nSPS) is 15.6. The third kappa shape index (κ3) is 4.89. The highest BCUT2D eigenvalue weighted by Gasteiger charge is 2.36. The number of carbonyl (C=O) groups excluding carboxylic acids is 1. The maximum Gasteiger partial charge on any atom is 0.338 e. The highest BCUT2D eigenvalue weighted by atomic mass is 35.5.